The van der Waals surface area contributed by atoms with E-state index in [9.17, 15) is 58.8 Å². The second-order valence-electron chi connectivity index (χ2n) is 34.8. The Balaban J connectivity index is 0.551. The van der Waals surface area contributed by atoms with Crippen molar-refractivity contribution >= 4 is 74.7 Å². The molecule has 0 spiro atoms. The number of hydrogen-bond acceptors (Lipinski definition) is 31. The molecule has 2 saturated heterocycles. The second-order valence-corrected chi connectivity index (χ2v) is 34.8. The van der Waals surface area contributed by atoms with Gasteiger partial charge in [-0.05, 0) is 150 Å². The van der Waals surface area contributed by atoms with Crippen LogP contribution in [0.5, 0.6) is 5.75 Å². The maximum atomic E-state index is 14.7. The van der Waals surface area contributed by atoms with Crippen molar-refractivity contribution in [2.75, 3.05) is 152 Å². The van der Waals surface area contributed by atoms with E-state index in [1.807, 2.05) is 62.6 Å². The van der Waals surface area contributed by atoms with Gasteiger partial charge in [0, 0.05) is 119 Å². The lowest BCUT2D eigenvalue weighted by Gasteiger charge is -2.40. The van der Waals surface area contributed by atoms with Crippen LogP contribution in [0.1, 0.15) is 160 Å². The molecule has 3 fully saturated rings. The van der Waals surface area contributed by atoms with Gasteiger partial charge in [-0.25, -0.2) is 24.1 Å². The number of benzene rings is 2. The van der Waals surface area contributed by atoms with Gasteiger partial charge in [0.15, 0.2) is 11.4 Å². The zero-order valence-corrected chi connectivity index (χ0v) is 78.3. The number of carbonyl (C=O) groups is 8. The van der Waals surface area contributed by atoms with Gasteiger partial charge < -0.3 is 115 Å². The number of aromatic nitrogens is 8. The summed E-state index contributed by atoms with van der Waals surface area (Å²) in [5.41, 5.74) is 18.8. The summed E-state index contributed by atoms with van der Waals surface area (Å²) in [5, 5.41) is 68.3. The Hall–Kier alpha value is -10.0. The smallest absolute Gasteiger partial charge is 0.329 e. The topological polar surface area (TPSA) is 510 Å². The van der Waals surface area contributed by atoms with Crippen molar-refractivity contribution in [2.24, 2.45) is 29.4 Å². The van der Waals surface area contributed by atoms with Crippen molar-refractivity contribution in [1.82, 2.24) is 60.6 Å². The van der Waals surface area contributed by atoms with Crippen molar-refractivity contribution in [1.29, 1.82) is 0 Å². The number of phenolic OH excluding ortho intramolecular Hbond substituents is 1. The number of anilines is 1. The number of nitrogen functional groups attached to an aromatic ring is 1. The van der Waals surface area contributed by atoms with Gasteiger partial charge >= 0.3 is 5.97 Å². The van der Waals surface area contributed by atoms with Gasteiger partial charge in [0.2, 0.25) is 17.6 Å². The molecule has 4 amide bonds. The van der Waals surface area contributed by atoms with Gasteiger partial charge in [-0.15, -0.1) is 5.10 Å². The number of aryl methyl sites for hydroxylation is 1. The van der Waals surface area contributed by atoms with Crippen molar-refractivity contribution < 1.29 is 116 Å². The minimum atomic E-state index is -2.47. The first-order valence-corrected chi connectivity index (χ1v) is 46.9. The molecule has 4 aromatic heterocycles. The van der Waals surface area contributed by atoms with Crippen LogP contribution >= 0.6 is 0 Å². The number of methoxy groups -OCH3 is 2. The third kappa shape index (κ3) is 32.6. The number of Topliss-reactive ketones (excluding diaryl/α,β-unsaturated/α-hetero) is 3. The Morgan fingerprint density at radius 3 is 2.04 bits per heavy atom. The van der Waals surface area contributed by atoms with E-state index in [1.165, 1.54) is 19.3 Å². The van der Waals surface area contributed by atoms with E-state index in [4.69, 9.17) is 73.4 Å². The fourth-order valence-corrected chi connectivity index (χ4v) is 17.0. The fraction of sp³-hybridized carbons (Fsp3) is 0.615. The molecule has 38 nitrogen and oxygen atoms in total. The number of piperidine rings is 1. The second kappa shape index (κ2) is 55.3. The molecule has 1 unspecified atom stereocenters. The molecular formula is C96H138N14O24. The van der Waals surface area contributed by atoms with Gasteiger partial charge in [-0.3, -0.25) is 33.6 Å². The maximum Gasteiger partial charge on any atom is 0.329 e. The third-order valence-corrected chi connectivity index (χ3v) is 24.6. The van der Waals surface area contributed by atoms with Crippen LogP contribution in [0.25, 0.3) is 44.6 Å². The molecule has 1 saturated carbocycles. The zero-order valence-electron chi connectivity index (χ0n) is 78.3. The number of aromatic hydroxyl groups is 1. The first-order chi connectivity index (χ1) is 64.7. The highest BCUT2D eigenvalue weighted by atomic mass is 16.6. The van der Waals surface area contributed by atoms with Crippen molar-refractivity contribution in [2.45, 2.75) is 211 Å². The number of esters is 1. The lowest BCUT2D eigenvalue weighted by molar-refractivity contribution is -0.245. The fourth-order valence-electron chi connectivity index (χ4n) is 17.0. The van der Waals surface area contributed by atoms with Crippen LogP contribution in [0.4, 0.5) is 5.82 Å². The predicted octanol–water partition coefficient (Wildman–Crippen LogP) is 7.04. The quantitative estimate of drug-likeness (QED) is 0.00793. The third-order valence-electron chi connectivity index (χ3n) is 24.6. The monoisotopic (exact) mass is 1870 g/mol. The molecule has 134 heavy (non-hydrogen) atoms. The molecular weight excluding hydrogens is 1730 g/mol. The van der Waals surface area contributed by atoms with E-state index >= 15 is 0 Å². The molecule has 0 radical (unpaired) electrons. The molecule has 7 heterocycles. The van der Waals surface area contributed by atoms with Crippen LogP contribution < -0.4 is 27.4 Å². The summed E-state index contributed by atoms with van der Waals surface area (Å²) in [6.45, 7) is 15.5. The Labute approximate surface area is 782 Å². The molecule has 38 heteroatoms. The Morgan fingerprint density at radius 1 is 0.701 bits per heavy atom. The Morgan fingerprint density at radius 2 is 1.37 bits per heavy atom. The molecule has 2 bridgehead atoms. The molecule has 2 aromatic carbocycles. The van der Waals surface area contributed by atoms with Gasteiger partial charge in [0.05, 0.1) is 147 Å². The lowest BCUT2D eigenvalue weighted by Crippen LogP contribution is -2.58. The number of phenols is 1. The lowest BCUT2D eigenvalue weighted by atomic mass is 9.79. The number of nitrogens with one attached hydrogen (secondary N) is 4. The number of aliphatic hydroxyl groups is 3. The minimum Gasteiger partial charge on any atom is -0.508 e. The maximum absolute atomic E-state index is 14.7. The highest BCUT2D eigenvalue weighted by Crippen LogP contribution is 2.40. The van der Waals surface area contributed by atoms with Crippen molar-refractivity contribution in [3.63, 3.8) is 0 Å². The number of aliphatic hydroxyl groups excluding tert-OH is 2. The average Bonchev–Trinajstić information content (AvgIpc) is 1.64. The summed E-state index contributed by atoms with van der Waals surface area (Å²) in [6, 6.07) is 11.5. The number of cyclic esters (lactones) is 1. The van der Waals surface area contributed by atoms with Crippen molar-refractivity contribution in [3.8, 4) is 28.4 Å². The number of aromatic amines is 1. The van der Waals surface area contributed by atoms with Gasteiger partial charge in [0.1, 0.15) is 59.4 Å². The van der Waals surface area contributed by atoms with Crippen LogP contribution in [0.2, 0.25) is 0 Å². The number of nitrogens with zero attached hydrogens (tertiary/aromatic N) is 8. The molecule has 736 valence electrons. The van der Waals surface area contributed by atoms with Gasteiger partial charge in [0.25, 0.3) is 17.6 Å². The number of hydrogen-bond donors (Lipinski definition) is 10. The summed E-state index contributed by atoms with van der Waals surface area (Å²) in [5.74, 6) is -8.47. The van der Waals surface area contributed by atoms with E-state index in [0.717, 1.165) is 39.9 Å². The first kappa shape index (κ1) is 106. The molecule has 1 aliphatic carbocycles. The number of allylic oxidation sites excluding steroid dienone is 6. The van der Waals surface area contributed by atoms with Crippen molar-refractivity contribution in [3.05, 3.63) is 114 Å². The number of unbranched alkanes of at least 4 members (excludes halogenated alkanes) is 1. The van der Waals surface area contributed by atoms with Crippen LogP contribution in [-0.2, 0) is 96.9 Å². The molecule has 12 N–H and O–H groups in total. The summed E-state index contributed by atoms with van der Waals surface area (Å²) in [6.07, 6.45) is 13.7. The molecule has 4 aliphatic rings. The Kier molecular flexibility index (Phi) is 43.7. The summed E-state index contributed by atoms with van der Waals surface area (Å²) >= 11 is 0. The number of fused-ring (bicyclic) bond motifs is 5. The SMILES string of the molecule is CO[C@H]1C[C@@H]2CCC[C@@](O)(O2)C(=O)C(=O)N2CCCC[C@H]2C(=O)O[C@H]([C@H](N)C[C@@H]2CCC(n3cc(-c4cccc(C(=O)NCCOCCOCCOCCOCCC(=O)NCCOCCOCCOCCOCCC(=O)NCCCCn5nc(-c6cc7cc(O)ccc7[nH]6)c6c(N)ncnc65)c4)nn3)[C@H](OC)C2)CC(=O)[C@H](C)/C=C(\C)[C@@H](O)[C@@H](O)C(=O)[C@H](C)C[C@H](C)/C=C/C=CC=C1C. The van der Waals surface area contributed by atoms with Crippen LogP contribution in [-0.4, -0.2) is 313 Å². The average molecular weight is 1870 g/mol. The minimum absolute atomic E-state index is 0.00616. The number of H-pyrrole nitrogens is 1. The molecule has 3 aliphatic heterocycles. The summed E-state index contributed by atoms with van der Waals surface area (Å²) in [7, 11) is 3.15. The summed E-state index contributed by atoms with van der Waals surface area (Å²) in [4.78, 5) is 123. The first-order valence-electron chi connectivity index (χ1n) is 46.9. The molecule has 6 aromatic rings. The van der Waals surface area contributed by atoms with E-state index in [2.05, 4.69) is 41.2 Å². The highest BCUT2D eigenvalue weighted by molar-refractivity contribution is 6.39. The standard InChI is InChI=1S/C96H138N14O24/c1-62-17-9-8-10-18-63(2)80(123-6)58-72-21-16-29-96(122,134-72)90(118)94(120)108-33-13-11-22-78(108)95(121)133-81(59-79(112)64(3)52-66(5)88(116)89(117)87(115)65(4)51-62)73(97)53-67-23-26-77(82(54-67)124-7)110-60-76(105-107-110)68-19-15-20-69(55-68)93(119)101-32-38-128-42-46-132-50-48-130-44-40-126-36-28-84(114)100-31-37-127-41-45-131-49-47-129-43-39-125-35-27-83(113)99-30-12-14-34-109-92-85(91(98)102-61-103-92)86(106-109)75-57-70-56-71(111)24-25-74(70)104-75/h8-10,15,17-20,24-25,52,55-57,60-62,64-65,67,72-73,77-78,80-82,88-89,104,111,116-117,122H,11-14,16,21-23,26-51,53-54,58-59,97H2,1-7H3,(H,99,113)(H,100,114)(H,101,119)(H2,98,102,103)/b10-8?,17-9+,63-18?,66-52+/t62-,64-,65-,67+,72+,73-,77?,78+,80+,81+,82-,88-,89+,96-/m1/s1. The van der Waals surface area contributed by atoms with Gasteiger partial charge in [-0.2, -0.15) is 5.10 Å². The normalized spacial score (nSPS) is 24.4. The van der Waals surface area contributed by atoms with E-state index in [0.29, 0.717) is 196 Å². The number of ketones is 3. The number of carbonyl (C=O) groups excluding carboxylic acids is 8. The van der Waals surface area contributed by atoms with Crippen LogP contribution in [0.15, 0.2) is 109 Å². The molecule has 14 atom stereocenters. The van der Waals surface area contributed by atoms with Crippen LogP contribution in [0.3, 0.4) is 0 Å². The number of ether oxygens (including phenoxy) is 12. The number of nitrogens with two attached hydrogens (primary N) is 2. The predicted molar refractivity (Wildman–Crippen MR) is 495 cm³/mol. The largest absolute Gasteiger partial charge is 0.508 e. The van der Waals surface area contributed by atoms with Gasteiger partial charge in [-0.1, -0.05) is 74.6 Å². The summed E-state index contributed by atoms with van der Waals surface area (Å²) < 4.78 is 72.6. The number of rotatable bonds is 44. The zero-order chi connectivity index (χ0) is 95.9. The molecule has 10 rings (SSSR count). The highest BCUT2D eigenvalue weighted by Gasteiger charge is 2.50. The van der Waals surface area contributed by atoms with E-state index in [1.54, 1.807) is 73.8 Å². The van der Waals surface area contributed by atoms with E-state index < -0.39 is 95.6 Å². The van der Waals surface area contributed by atoms with E-state index in [-0.39, 0.29) is 125 Å². The Bertz CT molecular complexity index is 4880. The number of amides is 4. The van der Waals surface area contributed by atoms with Crippen LogP contribution in [0, 0.1) is 23.7 Å².